The number of aromatic nitrogens is 1. The quantitative estimate of drug-likeness (QED) is 0.477. The van der Waals surface area contributed by atoms with Crippen LogP contribution in [0.1, 0.15) is 70.3 Å². The molecule has 0 amide bonds. The third kappa shape index (κ3) is 4.87. The van der Waals surface area contributed by atoms with Crippen LogP contribution in [0.2, 0.25) is 15.2 Å². The van der Waals surface area contributed by atoms with Crippen molar-refractivity contribution in [2.75, 3.05) is 7.05 Å². The monoisotopic (exact) mass is 442 g/mol. The van der Waals surface area contributed by atoms with E-state index < -0.39 is 0 Å². The minimum Gasteiger partial charge on any atom is -0.507 e. The fourth-order valence-electron chi connectivity index (χ4n) is 3.22. The number of aromatic amines is 1. The van der Waals surface area contributed by atoms with Crippen LogP contribution < -0.4 is 0 Å². The molecule has 0 aliphatic carbocycles. The molecule has 28 heavy (non-hydrogen) atoms. The number of phenolic OH excluding ortho intramolecular Hbond substituents is 1. The van der Waals surface area contributed by atoms with E-state index in [-0.39, 0.29) is 10.8 Å². The molecule has 0 aliphatic heterocycles. The Hall–Kier alpha value is -1.16. The Balaban J connectivity index is 2.41. The van der Waals surface area contributed by atoms with E-state index in [4.69, 9.17) is 34.8 Å². The number of nitrogens with zero attached hydrogens (tertiary/aromatic N) is 1. The van der Waals surface area contributed by atoms with Gasteiger partial charge in [-0.25, -0.2) is 0 Å². The second kappa shape index (κ2) is 8.30. The molecule has 0 saturated carbocycles. The van der Waals surface area contributed by atoms with Gasteiger partial charge >= 0.3 is 0 Å². The summed E-state index contributed by atoms with van der Waals surface area (Å²) in [6.45, 7) is 12.7. The van der Waals surface area contributed by atoms with Crippen LogP contribution in [0.5, 0.6) is 5.75 Å². The van der Waals surface area contributed by atoms with Gasteiger partial charge in [0.15, 0.2) is 0 Å². The van der Waals surface area contributed by atoms with Gasteiger partial charge in [-0.15, -0.1) is 0 Å². The zero-order valence-electron chi connectivity index (χ0n) is 17.6. The molecule has 2 rings (SSSR count). The molecule has 1 aromatic carbocycles. The van der Waals surface area contributed by atoms with E-state index in [1.807, 2.05) is 0 Å². The van der Waals surface area contributed by atoms with Crippen LogP contribution in [0.3, 0.4) is 0 Å². The summed E-state index contributed by atoms with van der Waals surface area (Å²) in [7, 11) is 1.73. The smallest absolute Gasteiger partial charge is 0.127 e. The van der Waals surface area contributed by atoms with E-state index in [1.54, 1.807) is 7.05 Å². The van der Waals surface area contributed by atoms with E-state index in [0.29, 0.717) is 33.1 Å². The normalized spacial score (nSPS) is 13.3. The molecular formula is C22H29Cl3N2O. The molecule has 0 aliphatic rings. The highest BCUT2D eigenvalue weighted by Gasteiger charge is 2.26. The average molecular weight is 444 g/mol. The highest BCUT2D eigenvalue weighted by atomic mass is 35.5. The van der Waals surface area contributed by atoms with Crippen molar-refractivity contribution in [2.24, 2.45) is 4.99 Å². The predicted molar refractivity (Wildman–Crippen MR) is 122 cm³/mol. The Kier molecular flexibility index (Phi) is 6.85. The molecule has 0 unspecified atom stereocenters. The van der Waals surface area contributed by atoms with Crippen LogP contribution in [-0.4, -0.2) is 22.8 Å². The molecule has 3 nitrogen and oxygen atoms in total. The molecule has 6 heteroatoms. The minimum atomic E-state index is -0.161. The number of hydrogen-bond acceptors (Lipinski definition) is 2. The van der Waals surface area contributed by atoms with Gasteiger partial charge < -0.3 is 10.1 Å². The highest BCUT2D eigenvalue weighted by molar-refractivity contribution is 6.49. The first-order valence-corrected chi connectivity index (χ1v) is 10.5. The number of H-pyrrole nitrogens is 1. The van der Waals surface area contributed by atoms with E-state index >= 15 is 0 Å². The fourth-order valence-corrected chi connectivity index (χ4v) is 3.85. The molecule has 2 N–H and O–H groups in total. The third-order valence-corrected chi connectivity index (χ3v) is 6.07. The van der Waals surface area contributed by atoms with Crippen molar-refractivity contribution in [1.82, 2.24) is 4.98 Å². The molecule has 0 saturated heterocycles. The maximum atomic E-state index is 10.9. The summed E-state index contributed by atoms with van der Waals surface area (Å²) in [5.41, 5.74) is 4.19. The molecule has 1 aromatic heterocycles. The standard InChI is InChI=1S/C22H29Cl3N2O/c1-21(2,3)13-10-12(11-14(19(13)28)22(4,5)6)8-9-15(26-7)18-16(23)17(24)20(25)27-18/h10-11,27-28H,8-9H2,1-7H3. The lowest BCUT2D eigenvalue weighted by Crippen LogP contribution is -2.18. The van der Waals surface area contributed by atoms with Crippen molar-refractivity contribution in [3.05, 3.63) is 49.7 Å². The summed E-state index contributed by atoms with van der Waals surface area (Å²) in [5.74, 6) is 0.388. The first-order chi connectivity index (χ1) is 12.8. The molecule has 0 bridgehead atoms. The third-order valence-electron chi connectivity index (χ3n) is 4.83. The topological polar surface area (TPSA) is 48.4 Å². The predicted octanol–water partition coefficient (Wildman–Crippen LogP) is 7.33. The van der Waals surface area contributed by atoms with E-state index in [9.17, 15) is 5.11 Å². The first-order valence-electron chi connectivity index (χ1n) is 9.32. The van der Waals surface area contributed by atoms with Gasteiger partial charge in [0.25, 0.3) is 0 Å². The van der Waals surface area contributed by atoms with Crippen molar-refractivity contribution in [2.45, 2.75) is 65.2 Å². The Morgan fingerprint density at radius 1 is 0.964 bits per heavy atom. The zero-order valence-corrected chi connectivity index (χ0v) is 19.9. The Morgan fingerprint density at radius 2 is 1.46 bits per heavy atom. The van der Waals surface area contributed by atoms with Gasteiger partial charge in [-0.2, -0.15) is 0 Å². The van der Waals surface area contributed by atoms with Gasteiger partial charge in [-0.3, -0.25) is 4.99 Å². The zero-order chi connectivity index (χ0) is 21.4. The largest absolute Gasteiger partial charge is 0.507 e. The number of phenols is 1. The van der Waals surface area contributed by atoms with Crippen LogP contribution in [0, 0.1) is 0 Å². The number of benzene rings is 1. The van der Waals surface area contributed by atoms with E-state index in [0.717, 1.165) is 28.8 Å². The Morgan fingerprint density at radius 3 is 1.82 bits per heavy atom. The molecular weight excluding hydrogens is 415 g/mol. The number of hydrogen-bond donors (Lipinski definition) is 2. The molecule has 2 aromatic rings. The number of aryl methyl sites for hydroxylation is 1. The van der Waals surface area contributed by atoms with Crippen LogP contribution in [0.15, 0.2) is 17.1 Å². The van der Waals surface area contributed by atoms with Crippen molar-refractivity contribution in [3.63, 3.8) is 0 Å². The van der Waals surface area contributed by atoms with Gasteiger partial charge in [-0.05, 0) is 40.4 Å². The summed E-state index contributed by atoms with van der Waals surface area (Å²) in [5, 5.41) is 11.9. The van der Waals surface area contributed by atoms with Crippen molar-refractivity contribution in [3.8, 4) is 5.75 Å². The lowest BCUT2D eigenvalue weighted by Gasteiger charge is -2.28. The SMILES string of the molecule is CN=C(CCc1cc(C(C)(C)C)c(O)c(C(C)(C)C)c1)c1[nH]c(Cl)c(Cl)c1Cl. The lowest BCUT2D eigenvalue weighted by atomic mass is 9.78. The second-order valence-electron chi connectivity index (χ2n) is 9.15. The summed E-state index contributed by atoms with van der Waals surface area (Å²) >= 11 is 18.5. The van der Waals surface area contributed by atoms with E-state index in [2.05, 4.69) is 63.7 Å². The molecule has 0 fully saturated rings. The van der Waals surface area contributed by atoms with Gasteiger partial charge in [0.1, 0.15) is 10.9 Å². The van der Waals surface area contributed by atoms with Gasteiger partial charge in [0.2, 0.25) is 0 Å². The summed E-state index contributed by atoms with van der Waals surface area (Å²) in [6.07, 6.45) is 1.42. The maximum absolute atomic E-state index is 10.9. The Bertz CT molecular complexity index is 865. The summed E-state index contributed by atoms with van der Waals surface area (Å²) in [6, 6.07) is 4.18. The molecule has 154 valence electrons. The molecule has 0 radical (unpaired) electrons. The minimum absolute atomic E-state index is 0.161. The van der Waals surface area contributed by atoms with E-state index in [1.165, 1.54) is 0 Å². The number of aromatic hydroxyl groups is 1. The molecule has 0 spiro atoms. The van der Waals surface area contributed by atoms with Crippen LogP contribution in [0.4, 0.5) is 0 Å². The fraction of sp³-hybridized carbons (Fsp3) is 0.500. The number of nitrogens with one attached hydrogen (secondary N) is 1. The van der Waals surface area contributed by atoms with Crippen LogP contribution in [0.25, 0.3) is 0 Å². The first kappa shape index (κ1) is 23.1. The molecule has 1 heterocycles. The van der Waals surface area contributed by atoms with Crippen molar-refractivity contribution >= 4 is 40.5 Å². The second-order valence-corrected chi connectivity index (χ2v) is 10.3. The summed E-state index contributed by atoms with van der Waals surface area (Å²) in [4.78, 5) is 7.39. The number of aliphatic imine (C=N–C) groups is 1. The highest BCUT2D eigenvalue weighted by Crippen LogP contribution is 2.40. The lowest BCUT2D eigenvalue weighted by molar-refractivity contribution is 0.422. The maximum Gasteiger partial charge on any atom is 0.127 e. The Labute approximate surface area is 183 Å². The summed E-state index contributed by atoms with van der Waals surface area (Å²) < 4.78 is 0. The van der Waals surface area contributed by atoms with Crippen molar-refractivity contribution in [1.29, 1.82) is 0 Å². The van der Waals surface area contributed by atoms with Gasteiger partial charge in [0, 0.05) is 7.05 Å². The molecule has 0 atom stereocenters. The van der Waals surface area contributed by atoms with Gasteiger partial charge in [-0.1, -0.05) is 88.5 Å². The average Bonchev–Trinajstić information content (AvgIpc) is 2.82. The number of halogens is 3. The van der Waals surface area contributed by atoms with Crippen LogP contribution >= 0.6 is 34.8 Å². The number of rotatable bonds is 4. The van der Waals surface area contributed by atoms with Gasteiger partial charge in [0.05, 0.1) is 21.5 Å². The van der Waals surface area contributed by atoms with Crippen molar-refractivity contribution < 1.29 is 5.11 Å². The van der Waals surface area contributed by atoms with Crippen LogP contribution in [-0.2, 0) is 17.3 Å².